The van der Waals surface area contributed by atoms with E-state index >= 15 is 0 Å². The molecular formula is C17H26ClN3O2. The van der Waals surface area contributed by atoms with Crippen molar-refractivity contribution in [2.45, 2.75) is 39.7 Å². The summed E-state index contributed by atoms with van der Waals surface area (Å²) in [4.78, 5) is 15.9. The summed E-state index contributed by atoms with van der Waals surface area (Å²) < 4.78 is 5.08. The first-order valence-electron chi connectivity index (χ1n) is 7.98. The van der Waals surface area contributed by atoms with E-state index in [9.17, 15) is 4.79 Å². The maximum absolute atomic E-state index is 11.5. The van der Waals surface area contributed by atoms with Crippen LogP contribution in [-0.2, 0) is 16.0 Å². The third-order valence-electron chi connectivity index (χ3n) is 2.94. The molecule has 0 fully saturated rings. The van der Waals surface area contributed by atoms with Crippen LogP contribution in [0.4, 0.5) is 0 Å². The van der Waals surface area contributed by atoms with Gasteiger partial charge in [0.25, 0.3) is 0 Å². The van der Waals surface area contributed by atoms with Crippen LogP contribution in [0.25, 0.3) is 0 Å². The van der Waals surface area contributed by atoms with E-state index in [1.165, 1.54) is 0 Å². The van der Waals surface area contributed by atoms with Crippen LogP contribution in [-0.4, -0.2) is 37.7 Å². The summed E-state index contributed by atoms with van der Waals surface area (Å²) >= 11 is 6.14. The van der Waals surface area contributed by atoms with Crippen molar-refractivity contribution in [2.75, 3.05) is 19.6 Å². The van der Waals surface area contributed by atoms with Gasteiger partial charge < -0.3 is 15.4 Å². The van der Waals surface area contributed by atoms with Gasteiger partial charge in [-0.15, -0.1) is 0 Å². The van der Waals surface area contributed by atoms with Crippen LogP contribution >= 0.6 is 11.6 Å². The number of aliphatic imine (C=N–C) groups is 1. The van der Waals surface area contributed by atoms with Crippen LogP contribution in [0.2, 0.25) is 5.02 Å². The fourth-order valence-corrected chi connectivity index (χ4v) is 2.17. The highest BCUT2D eigenvalue weighted by Crippen LogP contribution is 2.14. The standard InChI is InChI=1S/C17H26ClN3O2/c1-4-19-17(21-12-10-16(22)23-13(2)3)20-11-9-14-7-5-6-8-15(14)18/h5-8,13H,4,9-12H2,1-3H3,(H2,19,20,21). The molecule has 5 nitrogen and oxygen atoms in total. The Kier molecular flexibility index (Phi) is 9.14. The van der Waals surface area contributed by atoms with Gasteiger partial charge in [0.2, 0.25) is 0 Å². The van der Waals surface area contributed by atoms with Crippen molar-refractivity contribution in [2.24, 2.45) is 4.99 Å². The number of hydrogen-bond donors (Lipinski definition) is 2. The highest BCUT2D eigenvalue weighted by Gasteiger charge is 2.05. The minimum absolute atomic E-state index is 0.0894. The van der Waals surface area contributed by atoms with E-state index in [0.29, 0.717) is 19.0 Å². The molecule has 0 atom stereocenters. The Hall–Kier alpha value is -1.75. The number of guanidine groups is 1. The van der Waals surface area contributed by atoms with Gasteiger partial charge in [-0.2, -0.15) is 0 Å². The number of rotatable bonds is 8. The van der Waals surface area contributed by atoms with E-state index < -0.39 is 0 Å². The first-order chi connectivity index (χ1) is 11.0. The molecule has 6 heteroatoms. The van der Waals surface area contributed by atoms with Crippen molar-refractivity contribution in [3.63, 3.8) is 0 Å². The highest BCUT2D eigenvalue weighted by atomic mass is 35.5. The van der Waals surface area contributed by atoms with E-state index in [2.05, 4.69) is 15.6 Å². The van der Waals surface area contributed by atoms with Gasteiger partial charge in [0, 0.05) is 18.1 Å². The normalized spacial score (nSPS) is 11.4. The van der Waals surface area contributed by atoms with Crippen LogP contribution in [0.1, 0.15) is 32.8 Å². The number of hydrogen-bond acceptors (Lipinski definition) is 3. The van der Waals surface area contributed by atoms with Crippen LogP contribution in [0.5, 0.6) is 0 Å². The summed E-state index contributed by atoms with van der Waals surface area (Å²) in [7, 11) is 0. The second-order valence-corrected chi connectivity index (χ2v) is 5.72. The Balaban J connectivity index is 2.40. The van der Waals surface area contributed by atoms with Crippen molar-refractivity contribution in [3.05, 3.63) is 34.9 Å². The molecule has 23 heavy (non-hydrogen) atoms. The van der Waals surface area contributed by atoms with Crippen LogP contribution in [0.3, 0.4) is 0 Å². The Bertz CT molecular complexity index is 518. The Labute approximate surface area is 143 Å². The summed E-state index contributed by atoms with van der Waals surface area (Å²) in [6, 6.07) is 7.79. The molecule has 0 aliphatic rings. The monoisotopic (exact) mass is 339 g/mol. The average molecular weight is 340 g/mol. The van der Waals surface area contributed by atoms with Crippen LogP contribution in [0.15, 0.2) is 29.3 Å². The van der Waals surface area contributed by atoms with Gasteiger partial charge in [0.15, 0.2) is 5.96 Å². The van der Waals surface area contributed by atoms with E-state index in [0.717, 1.165) is 23.6 Å². The van der Waals surface area contributed by atoms with Crippen molar-refractivity contribution in [1.29, 1.82) is 0 Å². The molecule has 0 aliphatic heterocycles. The zero-order valence-electron chi connectivity index (χ0n) is 14.1. The molecule has 128 valence electrons. The molecule has 1 aromatic rings. The van der Waals surface area contributed by atoms with Gasteiger partial charge in [-0.3, -0.25) is 9.79 Å². The molecule has 1 rings (SSSR count). The Morgan fingerprint density at radius 3 is 2.70 bits per heavy atom. The van der Waals surface area contributed by atoms with Gasteiger partial charge in [0.1, 0.15) is 0 Å². The molecule has 0 saturated carbocycles. The number of nitrogens with zero attached hydrogens (tertiary/aromatic N) is 1. The fraction of sp³-hybridized carbons (Fsp3) is 0.529. The number of ether oxygens (including phenoxy) is 1. The van der Waals surface area contributed by atoms with Gasteiger partial charge >= 0.3 is 5.97 Å². The quantitative estimate of drug-likeness (QED) is 0.434. The Morgan fingerprint density at radius 2 is 2.04 bits per heavy atom. The lowest BCUT2D eigenvalue weighted by Crippen LogP contribution is -2.38. The predicted octanol–water partition coefficient (Wildman–Crippen LogP) is 2.78. The SMILES string of the molecule is CCNC(=NCCC(=O)OC(C)C)NCCc1ccccc1Cl. The number of benzene rings is 1. The lowest BCUT2D eigenvalue weighted by Gasteiger charge is -2.12. The van der Waals surface area contributed by atoms with Crippen LogP contribution < -0.4 is 10.6 Å². The number of halogens is 1. The van der Waals surface area contributed by atoms with Crippen molar-refractivity contribution < 1.29 is 9.53 Å². The van der Waals surface area contributed by atoms with Crippen LogP contribution in [0, 0.1) is 0 Å². The maximum Gasteiger partial charge on any atom is 0.307 e. The zero-order valence-corrected chi connectivity index (χ0v) is 14.8. The second-order valence-electron chi connectivity index (χ2n) is 5.32. The maximum atomic E-state index is 11.5. The summed E-state index contributed by atoms with van der Waals surface area (Å²) in [6.45, 7) is 7.54. The molecule has 0 aliphatic carbocycles. The summed E-state index contributed by atoms with van der Waals surface area (Å²) in [5.74, 6) is 0.465. The van der Waals surface area contributed by atoms with E-state index in [4.69, 9.17) is 16.3 Å². The second kappa shape index (κ2) is 10.9. The Morgan fingerprint density at radius 1 is 1.30 bits per heavy atom. The van der Waals surface area contributed by atoms with Gasteiger partial charge in [-0.05, 0) is 38.8 Å². The summed E-state index contributed by atoms with van der Waals surface area (Å²) in [5.41, 5.74) is 1.10. The van der Waals surface area contributed by atoms with Crippen molar-refractivity contribution in [1.82, 2.24) is 10.6 Å². The lowest BCUT2D eigenvalue weighted by molar-refractivity contribution is -0.147. The zero-order chi connectivity index (χ0) is 17.1. The first-order valence-corrected chi connectivity index (χ1v) is 8.35. The number of carbonyl (C=O) groups excluding carboxylic acids is 1. The van der Waals surface area contributed by atoms with Crippen molar-refractivity contribution in [3.8, 4) is 0 Å². The minimum atomic E-state index is -0.226. The molecule has 0 bridgehead atoms. The predicted molar refractivity (Wildman–Crippen MR) is 95.0 cm³/mol. The molecule has 0 aromatic heterocycles. The third kappa shape index (κ3) is 8.45. The molecule has 0 amide bonds. The molecule has 0 unspecified atom stereocenters. The fourth-order valence-electron chi connectivity index (χ4n) is 1.94. The third-order valence-corrected chi connectivity index (χ3v) is 3.31. The van der Waals surface area contributed by atoms with Gasteiger partial charge in [0.05, 0.1) is 19.1 Å². The molecule has 1 aromatic carbocycles. The average Bonchev–Trinajstić information content (AvgIpc) is 2.48. The number of carbonyl (C=O) groups is 1. The molecule has 0 saturated heterocycles. The molecule has 0 spiro atoms. The molecule has 2 N–H and O–H groups in total. The van der Waals surface area contributed by atoms with Gasteiger partial charge in [-0.1, -0.05) is 29.8 Å². The molecular weight excluding hydrogens is 314 g/mol. The summed E-state index contributed by atoms with van der Waals surface area (Å²) in [6.07, 6.45) is 0.993. The topological polar surface area (TPSA) is 62.7 Å². The van der Waals surface area contributed by atoms with Gasteiger partial charge in [-0.25, -0.2) is 0 Å². The number of nitrogens with one attached hydrogen (secondary N) is 2. The molecule has 0 heterocycles. The smallest absolute Gasteiger partial charge is 0.307 e. The highest BCUT2D eigenvalue weighted by molar-refractivity contribution is 6.31. The summed E-state index contributed by atoms with van der Waals surface area (Å²) in [5, 5.41) is 7.16. The van der Waals surface area contributed by atoms with E-state index in [-0.39, 0.29) is 18.5 Å². The van der Waals surface area contributed by atoms with E-state index in [1.807, 2.05) is 45.0 Å². The lowest BCUT2D eigenvalue weighted by atomic mass is 10.1. The molecule has 0 radical (unpaired) electrons. The first kappa shape index (κ1) is 19.3. The largest absolute Gasteiger partial charge is 0.463 e. The van der Waals surface area contributed by atoms with Crippen molar-refractivity contribution >= 4 is 23.5 Å². The van der Waals surface area contributed by atoms with E-state index in [1.54, 1.807) is 0 Å². The number of esters is 1. The minimum Gasteiger partial charge on any atom is -0.463 e.